The first kappa shape index (κ1) is 14.1. The molecule has 0 amide bonds. The number of nitrogens with one attached hydrogen (secondary N) is 1. The molecule has 0 spiro atoms. The first-order valence-electron chi connectivity index (χ1n) is 5.78. The van der Waals surface area contributed by atoms with E-state index < -0.39 is 23.0 Å². The predicted molar refractivity (Wildman–Crippen MR) is 65.2 cm³/mol. The molecule has 0 bridgehead atoms. The summed E-state index contributed by atoms with van der Waals surface area (Å²) in [5, 5.41) is 0. The van der Waals surface area contributed by atoms with Crippen molar-refractivity contribution in [2.24, 2.45) is 0 Å². The van der Waals surface area contributed by atoms with Crippen molar-refractivity contribution in [1.29, 1.82) is 0 Å². The minimum absolute atomic E-state index is 0.535. The second-order valence-electron chi connectivity index (χ2n) is 3.84. The summed E-state index contributed by atoms with van der Waals surface area (Å²) >= 11 is 0. The number of carbonyl (C=O) groups excluding carboxylic acids is 1. The van der Waals surface area contributed by atoms with Crippen LogP contribution in [0.1, 0.15) is 37.4 Å². The number of aromatic amines is 1. The molecule has 0 aliphatic carbocycles. The molecule has 0 aliphatic rings. The Balaban J connectivity index is 2.76. The zero-order valence-electron chi connectivity index (χ0n) is 10.1. The van der Waals surface area contributed by atoms with Gasteiger partial charge >= 0.3 is 5.69 Å². The molecule has 0 fully saturated rings. The van der Waals surface area contributed by atoms with Crippen molar-refractivity contribution in [3.05, 3.63) is 45.0 Å². The van der Waals surface area contributed by atoms with Gasteiger partial charge in [-0.3, -0.25) is 14.6 Å². The smallest absolute Gasteiger partial charge is 0.271 e. The first-order valence-corrected chi connectivity index (χ1v) is 5.78. The largest absolute Gasteiger partial charge is 0.335 e. The highest BCUT2D eigenvalue weighted by atomic mass is 19.1. The van der Waals surface area contributed by atoms with Gasteiger partial charge in [-0.1, -0.05) is 25.8 Å². The van der Waals surface area contributed by atoms with Crippen molar-refractivity contribution in [3.8, 4) is 0 Å². The Bertz CT molecular complexity index is 557. The van der Waals surface area contributed by atoms with Crippen LogP contribution in [-0.4, -0.2) is 15.5 Å². The van der Waals surface area contributed by atoms with E-state index in [9.17, 15) is 18.8 Å². The predicted octanol–water partition coefficient (Wildman–Crippen LogP) is 1.45. The minimum atomic E-state index is -1.16. The van der Waals surface area contributed by atoms with Crippen LogP contribution in [0.4, 0.5) is 4.39 Å². The number of allylic oxidation sites excluding steroid dienone is 2. The number of nitrogens with zero attached hydrogens (tertiary/aromatic N) is 1. The highest BCUT2D eigenvalue weighted by Gasteiger charge is 2.07. The van der Waals surface area contributed by atoms with Crippen LogP contribution < -0.4 is 11.2 Å². The normalized spacial score (nSPS) is 11.0. The van der Waals surface area contributed by atoms with Crippen LogP contribution in [0.5, 0.6) is 0 Å². The lowest BCUT2D eigenvalue weighted by Gasteiger charge is -1.99. The summed E-state index contributed by atoms with van der Waals surface area (Å²) < 4.78 is 13.5. The van der Waals surface area contributed by atoms with Crippen molar-refractivity contribution >= 4 is 5.91 Å². The SMILES string of the molecule is CCCCC/C=C/C(=O)n1cc(F)c(=O)[nH]c1=O. The summed E-state index contributed by atoms with van der Waals surface area (Å²) in [6.45, 7) is 2.07. The maximum Gasteiger partial charge on any atom is 0.335 e. The van der Waals surface area contributed by atoms with Crippen molar-refractivity contribution in [3.63, 3.8) is 0 Å². The number of aromatic nitrogens is 2. The Kier molecular flexibility index (Phi) is 5.23. The second-order valence-corrected chi connectivity index (χ2v) is 3.84. The lowest BCUT2D eigenvalue weighted by molar-refractivity contribution is 0.0961. The molecular weight excluding hydrogens is 239 g/mol. The molecule has 6 heteroatoms. The Hall–Kier alpha value is -1.98. The van der Waals surface area contributed by atoms with E-state index in [1.165, 1.54) is 6.08 Å². The van der Waals surface area contributed by atoms with Crippen LogP contribution in [0.2, 0.25) is 0 Å². The second kappa shape index (κ2) is 6.68. The van der Waals surface area contributed by atoms with Crippen LogP contribution in [0.15, 0.2) is 27.9 Å². The molecule has 0 radical (unpaired) electrons. The van der Waals surface area contributed by atoms with Gasteiger partial charge in [-0.2, -0.15) is 4.39 Å². The summed E-state index contributed by atoms with van der Waals surface area (Å²) in [5.74, 6) is -1.84. The summed E-state index contributed by atoms with van der Waals surface area (Å²) in [4.78, 5) is 35.3. The topological polar surface area (TPSA) is 71.9 Å². The molecule has 1 heterocycles. The summed E-state index contributed by atoms with van der Waals surface area (Å²) in [6, 6.07) is 0. The number of halogens is 1. The van der Waals surface area contributed by atoms with Crippen LogP contribution in [-0.2, 0) is 0 Å². The molecule has 0 atom stereocenters. The van der Waals surface area contributed by atoms with Gasteiger partial charge in [0.15, 0.2) is 0 Å². The molecular formula is C12H15FN2O3. The molecule has 5 nitrogen and oxygen atoms in total. The van der Waals surface area contributed by atoms with Gasteiger partial charge in [-0.25, -0.2) is 9.36 Å². The van der Waals surface area contributed by atoms with E-state index in [2.05, 4.69) is 6.92 Å². The maximum absolute atomic E-state index is 12.9. The fraction of sp³-hybridized carbons (Fsp3) is 0.417. The zero-order valence-corrected chi connectivity index (χ0v) is 10.1. The van der Waals surface area contributed by atoms with Gasteiger partial charge in [0.05, 0.1) is 6.20 Å². The fourth-order valence-corrected chi connectivity index (χ4v) is 1.39. The molecule has 18 heavy (non-hydrogen) atoms. The monoisotopic (exact) mass is 254 g/mol. The van der Waals surface area contributed by atoms with Gasteiger partial charge in [0, 0.05) is 0 Å². The van der Waals surface area contributed by atoms with Gasteiger partial charge in [-0.15, -0.1) is 0 Å². The molecule has 0 saturated heterocycles. The van der Waals surface area contributed by atoms with Crippen LogP contribution in [0.25, 0.3) is 0 Å². The summed E-state index contributed by atoms with van der Waals surface area (Å²) in [7, 11) is 0. The number of hydrogen-bond donors (Lipinski definition) is 1. The first-order chi connectivity index (χ1) is 8.56. The van der Waals surface area contributed by atoms with Crippen LogP contribution in [0.3, 0.4) is 0 Å². The molecule has 0 aromatic carbocycles. The Labute approximate surface area is 103 Å². The third-order valence-corrected chi connectivity index (χ3v) is 2.37. The number of hydrogen-bond acceptors (Lipinski definition) is 3. The molecule has 1 aromatic rings. The lowest BCUT2D eigenvalue weighted by atomic mass is 10.2. The lowest BCUT2D eigenvalue weighted by Crippen LogP contribution is -2.34. The molecule has 0 saturated carbocycles. The third-order valence-electron chi connectivity index (χ3n) is 2.37. The number of carbonyl (C=O) groups is 1. The molecule has 98 valence electrons. The average Bonchev–Trinajstić information content (AvgIpc) is 2.33. The van der Waals surface area contributed by atoms with E-state index in [0.717, 1.165) is 25.7 Å². The van der Waals surface area contributed by atoms with Gasteiger partial charge in [-0.05, 0) is 18.9 Å². The number of H-pyrrole nitrogens is 1. The van der Waals surface area contributed by atoms with E-state index in [1.807, 2.05) is 0 Å². The standard InChI is InChI=1S/C12H15FN2O3/c1-2-3-4-5-6-7-10(16)15-8-9(13)11(17)14-12(15)18/h6-8H,2-5H2,1H3,(H,14,17,18)/b7-6+. The minimum Gasteiger partial charge on any atom is -0.271 e. The van der Waals surface area contributed by atoms with Gasteiger partial charge in [0.1, 0.15) is 0 Å². The summed E-state index contributed by atoms with van der Waals surface area (Å²) in [6.07, 6.45) is 7.25. The Morgan fingerprint density at radius 2 is 2.17 bits per heavy atom. The third kappa shape index (κ3) is 3.80. The highest BCUT2D eigenvalue weighted by Crippen LogP contribution is 1.99. The molecule has 1 N–H and O–H groups in total. The summed E-state index contributed by atoms with van der Waals surface area (Å²) in [5.41, 5.74) is -2.07. The fourth-order valence-electron chi connectivity index (χ4n) is 1.39. The van der Waals surface area contributed by atoms with Crippen LogP contribution >= 0.6 is 0 Å². The van der Waals surface area contributed by atoms with Gasteiger partial charge in [0.2, 0.25) is 5.82 Å². The van der Waals surface area contributed by atoms with E-state index in [4.69, 9.17) is 0 Å². The molecule has 0 aliphatic heterocycles. The van der Waals surface area contributed by atoms with Crippen LogP contribution in [0, 0.1) is 5.82 Å². The molecule has 1 rings (SSSR count). The van der Waals surface area contributed by atoms with Gasteiger partial charge < -0.3 is 0 Å². The quantitative estimate of drug-likeness (QED) is 0.638. The van der Waals surface area contributed by atoms with Crippen molar-refractivity contribution in [2.45, 2.75) is 32.6 Å². The number of rotatable bonds is 5. The van der Waals surface area contributed by atoms with Crippen molar-refractivity contribution in [2.75, 3.05) is 0 Å². The van der Waals surface area contributed by atoms with Crippen molar-refractivity contribution < 1.29 is 9.18 Å². The highest BCUT2D eigenvalue weighted by molar-refractivity contribution is 5.89. The van der Waals surface area contributed by atoms with E-state index in [1.54, 1.807) is 11.1 Å². The Morgan fingerprint density at radius 3 is 2.83 bits per heavy atom. The van der Waals surface area contributed by atoms with Crippen molar-refractivity contribution in [1.82, 2.24) is 9.55 Å². The number of unbranched alkanes of at least 4 members (excludes halogenated alkanes) is 3. The maximum atomic E-state index is 12.9. The molecule has 0 unspecified atom stereocenters. The van der Waals surface area contributed by atoms with Gasteiger partial charge in [0.25, 0.3) is 11.5 Å². The van der Waals surface area contributed by atoms with E-state index in [-0.39, 0.29) is 0 Å². The van der Waals surface area contributed by atoms with E-state index in [0.29, 0.717) is 10.8 Å². The molecule has 1 aromatic heterocycles. The zero-order chi connectivity index (χ0) is 13.5. The van der Waals surface area contributed by atoms with E-state index >= 15 is 0 Å². The average molecular weight is 254 g/mol. The Morgan fingerprint density at radius 1 is 1.44 bits per heavy atom.